The standard InChI is InChI=1S/C23H19F3N4O2/c1-14-4-9-18-17(13-14)20(30-21(29-18)19-3-2-12-32-19)27-10-11-28-22(31)15-5-7-16(8-6-15)23(24,25)26/h2-9,12-13H,10-11H2,1H3,(H,28,31)(H,27,29,30). The van der Waals surface area contributed by atoms with Gasteiger partial charge in [-0.25, -0.2) is 9.97 Å². The molecule has 4 rings (SSSR count). The van der Waals surface area contributed by atoms with Crippen molar-refractivity contribution < 1.29 is 22.4 Å². The second kappa shape index (κ2) is 8.70. The molecule has 0 aliphatic heterocycles. The third-order valence-corrected chi connectivity index (χ3v) is 4.77. The lowest BCUT2D eigenvalue weighted by Gasteiger charge is -2.12. The zero-order valence-corrected chi connectivity index (χ0v) is 17.0. The Hall–Kier alpha value is -3.88. The number of benzene rings is 2. The van der Waals surface area contributed by atoms with Crippen LogP contribution in [0.15, 0.2) is 65.3 Å². The quantitative estimate of drug-likeness (QED) is 0.410. The van der Waals surface area contributed by atoms with Gasteiger partial charge in [-0.05, 0) is 55.5 Å². The van der Waals surface area contributed by atoms with Crippen LogP contribution in [0.5, 0.6) is 0 Å². The first-order chi connectivity index (χ1) is 15.3. The number of amides is 1. The second-order valence-electron chi connectivity index (χ2n) is 7.15. The Morgan fingerprint density at radius 1 is 1.03 bits per heavy atom. The highest BCUT2D eigenvalue weighted by atomic mass is 19.4. The van der Waals surface area contributed by atoms with Gasteiger partial charge in [0.25, 0.3) is 5.91 Å². The molecule has 0 radical (unpaired) electrons. The molecule has 0 atom stereocenters. The summed E-state index contributed by atoms with van der Waals surface area (Å²) in [5.74, 6) is 1.10. The molecular weight excluding hydrogens is 421 g/mol. The van der Waals surface area contributed by atoms with Crippen LogP contribution in [0.3, 0.4) is 0 Å². The summed E-state index contributed by atoms with van der Waals surface area (Å²) in [6.45, 7) is 2.56. The fourth-order valence-electron chi connectivity index (χ4n) is 3.16. The van der Waals surface area contributed by atoms with Gasteiger partial charge in [0.05, 0.1) is 17.3 Å². The van der Waals surface area contributed by atoms with Gasteiger partial charge in [-0.3, -0.25) is 4.79 Å². The molecule has 6 nitrogen and oxygen atoms in total. The number of carbonyl (C=O) groups excluding carboxylic acids is 1. The molecule has 0 aliphatic carbocycles. The van der Waals surface area contributed by atoms with E-state index in [1.54, 1.807) is 18.4 Å². The number of hydrogen-bond donors (Lipinski definition) is 2. The normalized spacial score (nSPS) is 11.5. The lowest BCUT2D eigenvalue weighted by molar-refractivity contribution is -0.137. The predicted octanol–water partition coefficient (Wildman–Crippen LogP) is 5.06. The molecule has 0 unspecified atom stereocenters. The Labute approximate surface area is 181 Å². The van der Waals surface area contributed by atoms with Crippen molar-refractivity contribution in [3.8, 4) is 11.6 Å². The fraction of sp³-hybridized carbons (Fsp3) is 0.174. The monoisotopic (exact) mass is 440 g/mol. The minimum atomic E-state index is -4.44. The van der Waals surface area contributed by atoms with Crippen LogP contribution in [0.2, 0.25) is 0 Å². The highest BCUT2D eigenvalue weighted by Crippen LogP contribution is 2.29. The molecule has 0 spiro atoms. The largest absolute Gasteiger partial charge is 0.461 e. The van der Waals surface area contributed by atoms with E-state index >= 15 is 0 Å². The van der Waals surface area contributed by atoms with Gasteiger partial charge in [0.2, 0.25) is 0 Å². The summed E-state index contributed by atoms with van der Waals surface area (Å²) in [6.07, 6.45) is -2.89. The van der Waals surface area contributed by atoms with Crippen LogP contribution in [0.1, 0.15) is 21.5 Å². The maximum absolute atomic E-state index is 12.7. The van der Waals surface area contributed by atoms with E-state index in [1.807, 2.05) is 25.1 Å². The summed E-state index contributed by atoms with van der Waals surface area (Å²) in [4.78, 5) is 21.3. The molecule has 0 bridgehead atoms. The number of halogens is 3. The molecule has 2 aromatic heterocycles. The molecule has 0 fully saturated rings. The third-order valence-electron chi connectivity index (χ3n) is 4.77. The summed E-state index contributed by atoms with van der Waals surface area (Å²) < 4.78 is 43.4. The SMILES string of the molecule is Cc1ccc2nc(-c3ccco3)nc(NCCNC(=O)c3ccc(C(F)(F)F)cc3)c2c1. The van der Waals surface area contributed by atoms with Gasteiger partial charge in [-0.1, -0.05) is 11.6 Å². The van der Waals surface area contributed by atoms with Gasteiger partial charge in [-0.15, -0.1) is 0 Å². The summed E-state index contributed by atoms with van der Waals surface area (Å²) in [5, 5.41) is 6.71. The molecule has 2 heterocycles. The van der Waals surface area contributed by atoms with Crippen LogP contribution in [0, 0.1) is 6.92 Å². The summed E-state index contributed by atoms with van der Waals surface area (Å²) in [7, 11) is 0. The van der Waals surface area contributed by atoms with Gasteiger partial charge in [0, 0.05) is 24.0 Å². The van der Waals surface area contributed by atoms with E-state index in [-0.39, 0.29) is 12.1 Å². The smallest absolute Gasteiger partial charge is 0.416 e. The fourth-order valence-corrected chi connectivity index (χ4v) is 3.16. The van der Waals surface area contributed by atoms with E-state index in [4.69, 9.17) is 4.42 Å². The minimum Gasteiger partial charge on any atom is -0.461 e. The van der Waals surface area contributed by atoms with Gasteiger partial charge < -0.3 is 15.1 Å². The molecule has 164 valence electrons. The first-order valence-electron chi connectivity index (χ1n) is 9.83. The van der Waals surface area contributed by atoms with E-state index in [0.717, 1.165) is 40.7 Å². The van der Waals surface area contributed by atoms with Crippen molar-refractivity contribution in [1.82, 2.24) is 15.3 Å². The Balaban J connectivity index is 1.44. The number of fused-ring (bicyclic) bond motifs is 1. The minimum absolute atomic E-state index is 0.154. The van der Waals surface area contributed by atoms with Crippen molar-refractivity contribution in [2.45, 2.75) is 13.1 Å². The number of nitrogens with one attached hydrogen (secondary N) is 2. The van der Waals surface area contributed by atoms with Gasteiger partial charge in [-0.2, -0.15) is 13.2 Å². The van der Waals surface area contributed by atoms with Crippen molar-refractivity contribution in [3.05, 3.63) is 77.6 Å². The molecule has 0 saturated carbocycles. The van der Waals surface area contributed by atoms with Gasteiger partial charge in [0.15, 0.2) is 11.6 Å². The topological polar surface area (TPSA) is 80.1 Å². The molecule has 0 aliphatic rings. The number of aryl methyl sites for hydroxylation is 1. The van der Waals surface area contributed by atoms with E-state index < -0.39 is 17.6 Å². The van der Waals surface area contributed by atoms with Crippen molar-refractivity contribution in [2.24, 2.45) is 0 Å². The molecule has 0 saturated heterocycles. The molecule has 2 N–H and O–H groups in total. The molecule has 4 aromatic rings. The maximum Gasteiger partial charge on any atom is 0.416 e. The number of nitrogens with zero attached hydrogens (tertiary/aromatic N) is 2. The van der Waals surface area contributed by atoms with E-state index in [9.17, 15) is 18.0 Å². The van der Waals surface area contributed by atoms with Crippen molar-refractivity contribution in [2.75, 3.05) is 18.4 Å². The van der Waals surface area contributed by atoms with E-state index in [0.29, 0.717) is 23.9 Å². The van der Waals surface area contributed by atoms with Crippen LogP contribution in [0.4, 0.5) is 19.0 Å². The number of alkyl halides is 3. The van der Waals surface area contributed by atoms with Crippen molar-refractivity contribution in [1.29, 1.82) is 0 Å². The van der Waals surface area contributed by atoms with Crippen LogP contribution in [0.25, 0.3) is 22.5 Å². The first kappa shape index (κ1) is 21.4. The van der Waals surface area contributed by atoms with E-state index in [2.05, 4.69) is 20.6 Å². The molecule has 9 heteroatoms. The average molecular weight is 440 g/mol. The van der Waals surface area contributed by atoms with E-state index in [1.165, 1.54) is 0 Å². The van der Waals surface area contributed by atoms with Crippen LogP contribution in [-0.2, 0) is 6.18 Å². The van der Waals surface area contributed by atoms with Crippen LogP contribution in [-0.4, -0.2) is 29.0 Å². The zero-order chi connectivity index (χ0) is 22.7. The predicted molar refractivity (Wildman–Crippen MR) is 114 cm³/mol. The maximum atomic E-state index is 12.7. The second-order valence-corrected chi connectivity index (χ2v) is 7.15. The van der Waals surface area contributed by atoms with Gasteiger partial charge in [0.1, 0.15) is 5.82 Å². The molecule has 32 heavy (non-hydrogen) atoms. The summed E-state index contributed by atoms with van der Waals surface area (Å²) >= 11 is 0. The number of rotatable bonds is 6. The van der Waals surface area contributed by atoms with Crippen molar-refractivity contribution in [3.63, 3.8) is 0 Å². The number of hydrogen-bond acceptors (Lipinski definition) is 5. The summed E-state index contributed by atoms with van der Waals surface area (Å²) in [6, 6.07) is 13.4. The Bertz CT molecular complexity index is 1240. The highest BCUT2D eigenvalue weighted by molar-refractivity contribution is 5.94. The summed E-state index contributed by atoms with van der Waals surface area (Å²) in [5.41, 5.74) is 1.15. The Morgan fingerprint density at radius 2 is 1.81 bits per heavy atom. The molecular formula is C23H19F3N4O2. The van der Waals surface area contributed by atoms with Crippen LogP contribution < -0.4 is 10.6 Å². The number of carbonyl (C=O) groups is 1. The molecule has 2 aromatic carbocycles. The Kier molecular flexibility index (Phi) is 5.81. The first-order valence-corrected chi connectivity index (χ1v) is 9.83. The Morgan fingerprint density at radius 3 is 2.50 bits per heavy atom. The zero-order valence-electron chi connectivity index (χ0n) is 17.0. The lowest BCUT2D eigenvalue weighted by Crippen LogP contribution is -2.29. The van der Waals surface area contributed by atoms with Gasteiger partial charge >= 0.3 is 6.18 Å². The lowest BCUT2D eigenvalue weighted by atomic mass is 10.1. The molecule has 1 amide bonds. The average Bonchev–Trinajstić information content (AvgIpc) is 3.31. The number of furan rings is 1. The highest BCUT2D eigenvalue weighted by Gasteiger charge is 2.30. The number of aromatic nitrogens is 2. The number of anilines is 1. The third kappa shape index (κ3) is 4.72. The van der Waals surface area contributed by atoms with Crippen LogP contribution >= 0.6 is 0 Å². The van der Waals surface area contributed by atoms with Crippen molar-refractivity contribution >= 4 is 22.6 Å².